The Morgan fingerprint density at radius 3 is 2.68 bits per heavy atom. The summed E-state index contributed by atoms with van der Waals surface area (Å²) in [6.07, 6.45) is 0. The van der Waals surface area contributed by atoms with E-state index in [0.29, 0.717) is 32.3 Å². The van der Waals surface area contributed by atoms with Crippen molar-refractivity contribution in [2.24, 2.45) is 7.05 Å². The molecule has 162 valence electrons. The van der Waals surface area contributed by atoms with Gasteiger partial charge >= 0.3 is 0 Å². The topological polar surface area (TPSA) is 88.9 Å². The summed E-state index contributed by atoms with van der Waals surface area (Å²) in [5.74, 6) is 0.256. The van der Waals surface area contributed by atoms with Crippen molar-refractivity contribution in [3.63, 3.8) is 0 Å². The standard InChI is InChI=1S/C21H21Cl2N5O2S/c1-12-5-4-6-14(9-12)20(30)24-13(2)19-26-27-21(28(19)3)31-11-18(29)25-17-10-15(22)7-8-16(17)23/h4-10,13H,11H2,1-3H3,(H,24,30)(H,25,29)/t13-/m0/s1. The molecule has 1 atom stereocenters. The Kier molecular flexibility index (Phi) is 7.59. The fourth-order valence-electron chi connectivity index (χ4n) is 2.87. The molecule has 0 bridgehead atoms. The summed E-state index contributed by atoms with van der Waals surface area (Å²) in [6.45, 7) is 3.77. The number of halogens is 2. The summed E-state index contributed by atoms with van der Waals surface area (Å²) in [5.41, 5.74) is 2.04. The first-order chi connectivity index (χ1) is 14.7. The molecule has 0 spiro atoms. The largest absolute Gasteiger partial charge is 0.342 e. The Bertz CT molecular complexity index is 1120. The zero-order valence-electron chi connectivity index (χ0n) is 17.1. The van der Waals surface area contributed by atoms with Crippen LogP contribution in [0.25, 0.3) is 0 Å². The minimum absolute atomic E-state index is 0.110. The molecule has 0 fully saturated rings. The van der Waals surface area contributed by atoms with E-state index in [1.54, 1.807) is 35.9 Å². The smallest absolute Gasteiger partial charge is 0.251 e. The van der Waals surface area contributed by atoms with E-state index in [0.717, 1.165) is 5.56 Å². The van der Waals surface area contributed by atoms with Crippen LogP contribution in [0.3, 0.4) is 0 Å². The van der Waals surface area contributed by atoms with Crippen molar-refractivity contribution in [2.75, 3.05) is 11.1 Å². The number of aromatic nitrogens is 3. The lowest BCUT2D eigenvalue weighted by atomic mass is 10.1. The molecule has 0 saturated heterocycles. The second-order valence-corrected chi connectivity index (χ2v) is 8.71. The summed E-state index contributed by atoms with van der Waals surface area (Å²) >= 11 is 13.2. The summed E-state index contributed by atoms with van der Waals surface area (Å²) in [5, 5.41) is 15.4. The van der Waals surface area contributed by atoms with E-state index < -0.39 is 0 Å². The molecule has 0 radical (unpaired) electrons. The number of hydrogen-bond acceptors (Lipinski definition) is 5. The van der Waals surface area contributed by atoms with Crippen LogP contribution in [0.1, 0.15) is 34.7 Å². The highest BCUT2D eigenvalue weighted by Crippen LogP contribution is 2.26. The van der Waals surface area contributed by atoms with E-state index in [1.807, 2.05) is 32.0 Å². The number of rotatable bonds is 7. The number of carbonyl (C=O) groups excluding carboxylic acids is 2. The summed E-state index contributed by atoms with van der Waals surface area (Å²) in [7, 11) is 1.79. The average Bonchev–Trinajstić information content (AvgIpc) is 3.09. The Morgan fingerprint density at radius 1 is 1.16 bits per heavy atom. The number of carbonyl (C=O) groups is 2. The normalized spacial score (nSPS) is 11.8. The van der Waals surface area contributed by atoms with E-state index >= 15 is 0 Å². The highest BCUT2D eigenvalue weighted by molar-refractivity contribution is 7.99. The van der Waals surface area contributed by atoms with Gasteiger partial charge in [0.15, 0.2) is 11.0 Å². The molecule has 1 aromatic heterocycles. The van der Waals surface area contributed by atoms with Crippen molar-refractivity contribution in [2.45, 2.75) is 25.0 Å². The van der Waals surface area contributed by atoms with Crippen molar-refractivity contribution in [3.8, 4) is 0 Å². The Hall–Kier alpha value is -2.55. The van der Waals surface area contributed by atoms with Crippen LogP contribution in [0.5, 0.6) is 0 Å². The first-order valence-electron chi connectivity index (χ1n) is 9.39. The zero-order chi connectivity index (χ0) is 22.5. The second-order valence-electron chi connectivity index (χ2n) is 6.93. The third-order valence-corrected chi connectivity index (χ3v) is 6.00. The van der Waals surface area contributed by atoms with E-state index in [2.05, 4.69) is 20.8 Å². The van der Waals surface area contributed by atoms with Crippen molar-refractivity contribution < 1.29 is 9.59 Å². The molecule has 0 aliphatic carbocycles. The highest BCUT2D eigenvalue weighted by Gasteiger charge is 2.19. The van der Waals surface area contributed by atoms with Crippen molar-refractivity contribution in [1.29, 1.82) is 0 Å². The van der Waals surface area contributed by atoms with Gasteiger partial charge < -0.3 is 15.2 Å². The molecule has 0 aliphatic heterocycles. The number of anilines is 1. The van der Waals surface area contributed by atoms with Gasteiger partial charge in [0, 0.05) is 17.6 Å². The minimum atomic E-state index is -0.362. The van der Waals surface area contributed by atoms with Crippen LogP contribution in [0.2, 0.25) is 10.0 Å². The molecule has 2 N–H and O–H groups in total. The molecule has 0 saturated carbocycles. The molecular formula is C21H21Cl2N5O2S. The minimum Gasteiger partial charge on any atom is -0.342 e. The van der Waals surface area contributed by atoms with Gasteiger partial charge in [-0.15, -0.1) is 10.2 Å². The van der Waals surface area contributed by atoms with Crippen LogP contribution in [0, 0.1) is 6.92 Å². The molecular weight excluding hydrogens is 457 g/mol. The van der Waals surface area contributed by atoms with Crippen molar-refractivity contribution in [3.05, 3.63) is 69.5 Å². The molecule has 0 unspecified atom stereocenters. The van der Waals surface area contributed by atoms with Gasteiger partial charge in [-0.05, 0) is 44.2 Å². The molecule has 2 aromatic carbocycles. The molecule has 3 rings (SSSR count). The Balaban J connectivity index is 1.59. The van der Waals surface area contributed by atoms with Gasteiger partial charge in [0.25, 0.3) is 5.91 Å². The van der Waals surface area contributed by atoms with Crippen LogP contribution < -0.4 is 10.6 Å². The van der Waals surface area contributed by atoms with Crippen LogP contribution in [0.4, 0.5) is 5.69 Å². The molecule has 1 heterocycles. The molecule has 31 heavy (non-hydrogen) atoms. The summed E-state index contributed by atoms with van der Waals surface area (Å²) in [4.78, 5) is 24.8. The number of aryl methyl sites for hydroxylation is 1. The molecule has 2 amide bonds. The molecule has 10 heteroatoms. The number of hydrogen-bond donors (Lipinski definition) is 2. The monoisotopic (exact) mass is 477 g/mol. The fraction of sp³-hybridized carbons (Fsp3) is 0.238. The second kappa shape index (κ2) is 10.2. The lowest BCUT2D eigenvalue weighted by molar-refractivity contribution is -0.113. The van der Waals surface area contributed by atoms with Crippen LogP contribution >= 0.6 is 35.0 Å². The number of amides is 2. The number of nitrogens with zero attached hydrogens (tertiary/aromatic N) is 3. The third-order valence-electron chi connectivity index (χ3n) is 4.42. The van der Waals surface area contributed by atoms with E-state index in [-0.39, 0.29) is 23.6 Å². The number of nitrogens with one attached hydrogen (secondary N) is 2. The maximum Gasteiger partial charge on any atom is 0.251 e. The first-order valence-corrected chi connectivity index (χ1v) is 11.1. The molecule has 7 nitrogen and oxygen atoms in total. The SMILES string of the molecule is Cc1cccc(C(=O)N[C@@H](C)c2nnc(SCC(=O)Nc3cc(Cl)ccc3Cl)n2C)c1. The lowest BCUT2D eigenvalue weighted by Crippen LogP contribution is -2.28. The van der Waals surface area contributed by atoms with Gasteiger partial charge in [-0.3, -0.25) is 9.59 Å². The fourth-order valence-corrected chi connectivity index (χ4v) is 3.92. The average molecular weight is 478 g/mol. The Morgan fingerprint density at radius 2 is 1.94 bits per heavy atom. The summed E-state index contributed by atoms with van der Waals surface area (Å²) < 4.78 is 1.76. The van der Waals surface area contributed by atoms with Gasteiger partial charge in [-0.2, -0.15) is 0 Å². The van der Waals surface area contributed by atoms with Gasteiger partial charge in [-0.25, -0.2) is 0 Å². The molecule has 0 aliphatic rings. The number of thioether (sulfide) groups is 1. The Labute approximate surface area is 194 Å². The lowest BCUT2D eigenvalue weighted by Gasteiger charge is -2.14. The van der Waals surface area contributed by atoms with E-state index in [4.69, 9.17) is 23.2 Å². The number of benzene rings is 2. The van der Waals surface area contributed by atoms with Crippen LogP contribution in [-0.2, 0) is 11.8 Å². The predicted molar refractivity (Wildman–Crippen MR) is 124 cm³/mol. The van der Waals surface area contributed by atoms with E-state index in [9.17, 15) is 9.59 Å². The quantitative estimate of drug-likeness (QED) is 0.483. The van der Waals surface area contributed by atoms with Gasteiger partial charge in [0.2, 0.25) is 5.91 Å². The van der Waals surface area contributed by atoms with Crippen molar-refractivity contribution >= 4 is 52.5 Å². The van der Waals surface area contributed by atoms with Crippen LogP contribution in [0.15, 0.2) is 47.6 Å². The van der Waals surface area contributed by atoms with Gasteiger partial charge in [0.05, 0.1) is 22.5 Å². The maximum absolute atomic E-state index is 12.5. The van der Waals surface area contributed by atoms with Gasteiger partial charge in [-0.1, -0.05) is 52.7 Å². The van der Waals surface area contributed by atoms with Crippen LogP contribution in [-0.4, -0.2) is 32.3 Å². The summed E-state index contributed by atoms with van der Waals surface area (Å²) in [6, 6.07) is 11.9. The first kappa shape index (κ1) is 23.1. The zero-order valence-corrected chi connectivity index (χ0v) is 19.5. The highest BCUT2D eigenvalue weighted by atomic mass is 35.5. The van der Waals surface area contributed by atoms with Gasteiger partial charge in [0.1, 0.15) is 0 Å². The maximum atomic E-state index is 12.5. The van der Waals surface area contributed by atoms with Crippen molar-refractivity contribution in [1.82, 2.24) is 20.1 Å². The predicted octanol–water partition coefficient (Wildman–Crippen LogP) is 4.65. The third kappa shape index (κ3) is 6.00. The van der Waals surface area contributed by atoms with E-state index in [1.165, 1.54) is 11.8 Å². The molecule has 3 aromatic rings.